The molecule has 1 saturated heterocycles. The lowest BCUT2D eigenvalue weighted by molar-refractivity contribution is 0.365. The van der Waals surface area contributed by atoms with Crippen molar-refractivity contribution >= 4 is 17.0 Å². The number of hydrogen-bond acceptors (Lipinski definition) is 5. The molecule has 2 aromatic heterocycles. The van der Waals surface area contributed by atoms with Crippen molar-refractivity contribution in [3.8, 4) is 5.75 Å². The van der Waals surface area contributed by atoms with Gasteiger partial charge in [0.25, 0.3) is 5.56 Å². The van der Waals surface area contributed by atoms with Crippen LogP contribution in [-0.2, 0) is 12.0 Å². The van der Waals surface area contributed by atoms with Gasteiger partial charge in [0.1, 0.15) is 11.1 Å². The Hall–Kier alpha value is -2.83. The van der Waals surface area contributed by atoms with E-state index in [2.05, 4.69) is 47.9 Å². The van der Waals surface area contributed by atoms with Crippen molar-refractivity contribution in [2.24, 2.45) is 5.92 Å². The first-order valence-corrected chi connectivity index (χ1v) is 10.2. The molecule has 3 heterocycles. The van der Waals surface area contributed by atoms with Gasteiger partial charge in [-0.25, -0.2) is 4.68 Å². The Kier molecular flexibility index (Phi) is 5.06. The van der Waals surface area contributed by atoms with E-state index in [4.69, 9.17) is 9.72 Å². The number of aromatic nitrogens is 4. The second kappa shape index (κ2) is 7.54. The van der Waals surface area contributed by atoms with E-state index in [1.165, 1.54) is 5.56 Å². The van der Waals surface area contributed by atoms with Crippen molar-refractivity contribution < 1.29 is 4.74 Å². The summed E-state index contributed by atoms with van der Waals surface area (Å²) in [4.78, 5) is 22.5. The average molecular weight is 396 g/mol. The third-order valence-corrected chi connectivity index (χ3v) is 5.66. The molecule has 154 valence electrons. The van der Waals surface area contributed by atoms with Gasteiger partial charge in [-0.1, -0.05) is 12.1 Å². The Morgan fingerprint density at radius 1 is 1.17 bits per heavy atom. The Morgan fingerprint density at radius 3 is 2.48 bits per heavy atom. The number of benzene rings is 1. The standard InChI is InChI=1S/C22H29N5O2/c1-22(2,3)27-19-18(14-23-27)20(28)25-21(24-19)26-11-9-16(10-12-26)13-15-5-7-17(29-4)8-6-15/h5-8,14,16H,9-13H2,1-4H3,(H,24,25,28). The van der Waals surface area contributed by atoms with E-state index < -0.39 is 0 Å². The van der Waals surface area contributed by atoms with Crippen molar-refractivity contribution in [2.75, 3.05) is 25.1 Å². The van der Waals surface area contributed by atoms with Gasteiger partial charge in [0.15, 0.2) is 5.65 Å². The van der Waals surface area contributed by atoms with Gasteiger partial charge in [-0.3, -0.25) is 9.78 Å². The number of fused-ring (bicyclic) bond motifs is 1. The van der Waals surface area contributed by atoms with Gasteiger partial charge in [0, 0.05) is 13.1 Å². The van der Waals surface area contributed by atoms with E-state index in [0.29, 0.717) is 22.9 Å². The second-order valence-electron chi connectivity index (χ2n) is 8.84. The molecule has 0 unspecified atom stereocenters. The van der Waals surface area contributed by atoms with Crippen LogP contribution in [0.5, 0.6) is 5.75 Å². The predicted octanol–water partition coefficient (Wildman–Crippen LogP) is 3.34. The van der Waals surface area contributed by atoms with Crippen molar-refractivity contribution in [3.63, 3.8) is 0 Å². The molecule has 7 heteroatoms. The Labute approximate surface area is 170 Å². The van der Waals surface area contributed by atoms with Crippen molar-refractivity contribution in [1.82, 2.24) is 19.7 Å². The molecular formula is C22H29N5O2. The molecule has 0 amide bonds. The molecule has 1 aliphatic heterocycles. The summed E-state index contributed by atoms with van der Waals surface area (Å²) in [5.74, 6) is 2.18. The van der Waals surface area contributed by atoms with E-state index in [-0.39, 0.29) is 11.1 Å². The van der Waals surface area contributed by atoms with Gasteiger partial charge < -0.3 is 9.64 Å². The van der Waals surface area contributed by atoms with Crippen molar-refractivity contribution in [1.29, 1.82) is 0 Å². The van der Waals surface area contributed by atoms with Crippen molar-refractivity contribution in [3.05, 3.63) is 46.4 Å². The van der Waals surface area contributed by atoms with E-state index in [9.17, 15) is 4.79 Å². The lowest BCUT2D eigenvalue weighted by Crippen LogP contribution is -2.36. The summed E-state index contributed by atoms with van der Waals surface area (Å²) in [5.41, 5.74) is 1.63. The quantitative estimate of drug-likeness (QED) is 0.733. The zero-order valence-corrected chi connectivity index (χ0v) is 17.6. The van der Waals surface area contributed by atoms with Crippen LogP contribution in [0.2, 0.25) is 0 Å². The fraction of sp³-hybridized carbons (Fsp3) is 0.500. The number of methoxy groups -OCH3 is 1. The number of aromatic amines is 1. The fourth-order valence-corrected chi connectivity index (χ4v) is 3.99. The van der Waals surface area contributed by atoms with E-state index in [0.717, 1.165) is 38.1 Å². The number of piperidine rings is 1. The molecule has 0 spiro atoms. The summed E-state index contributed by atoms with van der Waals surface area (Å²) in [6.45, 7) is 7.96. The van der Waals surface area contributed by atoms with Gasteiger partial charge in [0.05, 0.1) is 18.8 Å². The minimum Gasteiger partial charge on any atom is -0.497 e. The normalized spacial score (nSPS) is 15.8. The predicted molar refractivity (Wildman–Crippen MR) is 115 cm³/mol. The lowest BCUT2D eigenvalue weighted by Gasteiger charge is -2.32. The van der Waals surface area contributed by atoms with E-state index in [1.807, 2.05) is 16.8 Å². The van der Waals surface area contributed by atoms with Crippen LogP contribution >= 0.6 is 0 Å². The number of ether oxygens (including phenoxy) is 1. The SMILES string of the molecule is COc1ccc(CC2CCN(c3nc4c(cnn4C(C)(C)C)c(=O)[nH]3)CC2)cc1. The average Bonchev–Trinajstić information content (AvgIpc) is 3.14. The zero-order valence-electron chi connectivity index (χ0n) is 17.6. The van der Waals surface area contributed by atoms with Gasteiger partial charge in [-0.05, 0) is 63.6 Å². The highest BCUT2D eigenvalue weighted by atomic mass is 16.5. The molecular weight excluding hydrogens is 366 g/mol. The molecule has 7 nitrogen and oxygen atoms in total. The Balaban J connectivity index is 1.48. The number of nitrogens with zero attached hydrogens (tertiary/aromatic N) is 4. The topological polar surface area (TPSA) is 76.0 Å². The van der Waals surface area contributed by atoms with Crippen LogP contribution in [0.4, 0.5) is 5.95 Å². The molecule has 4 rings (SSSR count). The summed E-state index contributed by atoms with van der Waals surface area (Å²) in [7, 11) is 1.69. The van der Waals surface area contributed by atoms with E-state index >= 15 is 0 Å². The first kappa shape index (κ1) is 19.5. The summed E-state index contributed by atoms with van der Waals surface area (Å²) in [6.07, 6.45) is 4.83. The second-order valence-corrected chi connectivity index (χ2v) is 8.84. The van der Waals surface area contributed by atoms with Gasteiger partial charge in [0.2, 0.25) is 5.95 Å². The maximum atomic E-state index is 12.6. The molecule has 0 aliphatic carbocycles. The molecule has 1 aliphatic rings. The van der Waals surface area contributed by atoms with Crippen LogP contribution in [-0.4, -0.2) is 39.9 Å². The molecule has 0 radical (unpaired) electrons. The van der Waals surface area contributed by atoms with Crippen LogP contribution in [0.1, 0.15) is 39.2 Å². The van der Waals surface area contributed by atoms with Crippen LogP contribution < -0.4 is 15.2 Å². The van der Waals surface area contributed by atoms with Crippen LogP contribution in [0.25, 0.3) is 11.0 Å². The molecule has 3 aromatic rings. The Morgan fingerprint density at radius 2 is 1.86 bits per heavy atom. The summed E-state index contributed by atoms with van der Waals surface area (Å²) in [5, 5.41) is 4.93. The smallest absolute Gasteiger partial charge is 0.263 e. The zero-order chi connectivity index (χ0) is 20.6. The molecule has 1 fully saturated rings. The summed E-state index contributed by atoms with van der Waals surface area (Å²) >= 11 is 0. The number of rotatable bonds is 4. The number of nitrogens with one attached hydrogen (secondary N) is 1. The maximum Gasteiger partial charge on any atom is 0.263 e. The fourth-order valence-electron chi connectivity index (χ4n) is 3.99. The highest BCUT2D eigenvalue weighted by Crippen LogP contribution is 2.26. The lowest BCUT2D eigenvalue weighted by atomic mass is 9.90. The maximum absolute atomic E-state index is 12.6. The van der Waals surface area contributed by atoms with Gasteiger partial charge in [-0.15, -0.1) is 0 Å². The molecule has 0 bridgehead atoms. The molecule has 0 saturated carbocycles. The summed E-state index contributed by atoms with van der Waals surface area (Å²) in [6, 6.07) is 8.33. The molecule has 1 N–H and O–H groups in total. The Bertz CT molecular complexity index is 1040. The highest BCUT2D eigenvalue weighted by Gasteiger charge is 2.24. The van der Waals surface area contributed by atoms with Crippen molar-refractivity contribution in [2.45, 2.75) is 45.6 Å². The first-order chi connectivity index (χ1) is 13.8. The third-order valence-electron chi connectivity index (χ3n) is 5.66. The summed E-state index contributed by atoms with van der Waals surface area (Å²) < 4.78 is 7.07. The third kappa shape index (κ3) is 3.99. The molecule has 0 atom stereocenters. The number of hydrogen-bond donors (Lipinski definition) is 1. The molecule has 1 aromatic carbocycles. The van der Waals surface area contributed by atoms with Gasteiger partial charge in [-0.2, -0.15) is 10.1 Å². The van der Waals surface area contributed by atoms with E-state index in [1.54, 1.807) is 13.3 Å². The minimum atomic E-state index is -0.231. The highest BCUT2D eigenvalue weighted by molar-refractivity contribution is 5.74. The van der Waals surface area contributed by atoms with Gasteiger partial charge >= 0.3 is 0 Å². The largest absolute Gasteiger partial charge is 0.497 e. The number of H-pyrrole nitrogens is 1. The molecule has 29 heavy (non-hydrogen) atoms. The number of anilines is 1. The minimum absolute atomic E-state index is 0.124. The van der Waals surface area contributed by atoms with Crippen LogP contribution in [0.15, 0.2) is 35.3 Å². The van der Waals surface area contributed by atoms with Crippen LogP contribution in [0.3, 0.4) is 0 Å². The monoisotopic (exact) mass is 395 g/mol. The first-order valence-electron chi connectivity index (χ1n) is 10.2. The van der Waals surface area contributed by atoms with Crippen LogP contribution in [0, 0.1) is 5.92 Å².